The van der Waals surface area contributed by atoms with Crippen LogP contribution < -0.4 is 10.1 Å². The Bertz CT molecular complexity index is 731. The van der Waals surface area contributed by atoms with Gasteiger partial charge in [-0.1, -0.05) is 6.07 Å². The largest absolute Gasteiger partial charge is 0.497 e. The number of rotatable bonds is 4. The molecule has 1 aromatic rings. The summed E-state index contributed by atoms with van der Waals surface area (Å²) in [6.45, 7) is 6.92. The van der Waals surface area contributed by atoms with E-state index in [0.29, 0.717) is 12.3 Å². The summed E-state index contributed by atoms with van der Waals surface area (Å²) in [6.07, 6.45) is 3.77. The minimum atomic E-state index is 0.0690. The second kappa shape index (κ2) is 7.42. The maximum absolute atomic E-state index is 12.8. The Hall–Kier alpha value is -2.10. The molecular weight excluding hydrogens is 312 g/mol. The second-order valence-corrected chi connectivity index (χ2v) is 7.33. The third-order valence-corrected chi connectivity index (χ3v) is 5.06. The molecule has 1 aliphatic heterocycles. The number of allylic oxidation sites excluding steroid dienone is 1. The molecule has 0 saturated carbocycles. The highest BCUT2D eigenvalue weighted by atomic mass is 16.5. The van der Waals surface area contributed by atoms with Gasteiger partial charge < -0.3 is 10.1 Å². The van der Waals surface area contributed by atoms with Gasteiger partial charge in [-0.05, 0) is 74.8 Å². The number of aryl methyl sites for hydroxylation is 1. The topological polar surface area (TPSA) is 50.7 Å². The lowest BCUT2D eigenvalue weighted by atomic mass is 9.75. The molecule has 25 heavy (non-hydrogen) atoms. The third-order valence-electron chi connectivity index (χ3n) is 5.06. The molecular formula is C21H28N2O2. The van der Waals surface area contributed by atoms with Gasteiger partial charge in [0.1, 0.15) is 5.75 Å². The molecule has 0 spiro atoms. The summed E-state index contributed by atoms with van der Waals surface area (Å²) < 4.78 is 5.38. The predicted octanol–water partition coefficient (Wildman–Crippen LogP) is 3.79. The summed E-state index contributed by atoms with van der Waals surface area (Å²) >= 11 is 0. The van der Waals surface area contributed by atoms with E-state index in [1.165, 1.54) is 16.7 Å². The molecule has 0 saturated heterocycles. The van der Waals surface area contributed by atoms with Crippen LogP contribution in [0, 0.1) is 5.92 Å². The number of ether oxygens (including phenoxy) is 1. The van der Waals surface area contributed by atoms with Crippen molar-refractivity contribution in [3.8, 4) is 5.75 Å². The van der Waals surface area contributed by atoms with Crippen molar-refractivity contribution >= 4 is 17.2 Å². The Morgan fingerprint density at radius 1 is 1.36 bits per heavy atom. The number of carbonyl (C=O) groups excluding carboxylic acids is 1. The fourth-order valence-corrected chi connectivity index (χ4v) is 4.06. The summed E-state index contributed by atoms with van der Waals surface area (Å²) in [7, 11) is 1.70. The smallest absolute Gasteiger partial charge is 0.247 e. The van der Waals surface area contributed by atoms with Crippen LogP contribution in [0.2, 0.25) is 0 Å². The fourth-order valence-electron chi connectivity index (χ4n) is 4.06. The van der Waals surface area contributed by atoms with Crippen molar-refractivity contribution < 1.29 is 9.53 Å². The second-order valence-electron chi connectivity index (χ2n) is 7.33. The van der Waals surface area contributed by atoms with Crippen LogP contribution in [-0.2, 0) is 11.2 Å². The van der Waals surface area contributed by atoms with E-state index in [-0.39, 0.29) is 11.9 Å². The maximum atomic E-state index is 12.8. The molecule has 0 fully saturated rings. The molecule has 1 unspecified atom stereocenters. The summed E-state index contributed by atoms with van der Waals surface area (Å²) in [5.74, 6) is 1.40. The first-order valence-electron chi connectivity index (χ1n) is 9.21. The zero-order valence-electron chi connectivity index (χ0n) is 15.7. The monoisotopic (exact) mass is 340 g/mol. The molecule has 4 nitrogen and oxygen atoms in total. The fraction of sp³-hybridized carbons (Fsp3) is 0.524. The molecule has 1 amide bonds. The molecule has 134 valence electrons. The van der Waals surface area contributed by atoms with Gasteiger partial charge in [-0.15, -0.1) is 0 Å². The quantitative estimate of drug-likeness (QED) is 0.848. The van der Waals surface area contributed by atoms with E-state index in [1.54, 1.807) is 7.11 Å². The summed E-state index contributed by atoms with van der Waals surface area (Å²) in [5.41, 5.74) is 5.67. The lowest BCUT2D eigenvalue weighted by molar-refractivity contribution is -0.117. The van der Waals surface area contributed by atoms with Gasteiger partial charge in [0.15, 0.2) is 0 Å². The lowest BCUT2D eigenvalue weighted by Gasteiger charge is -2.28. The number of nitrogens with one attached hydrogen (secondary N) is 1. The van der Waals surface area contributed by atoms with Crippen LogP contribution in [0.25, 0.3) is 5.57 Å². The first-order chi connectivity index (χ1) is 12.0. The Morgan fingerprint density at radius 3 is 2.88 bits per heavy atom. The van der Waals surface area contributed by atoms with E-state index >= 15 is 0 Å². The zero-order valence-corrected chi connectivity index (χ0v) is 15.7. The minimum absolute atomic E-state index is 0.0690. The number of nitrogens with zero attached hydrogens (tertiary/aromatic N) is 1. The Kier molecular flexibility index (Phi) is 5.26. The number of amides is 1. The van der Waals surface area contributed by atoms with E-state index in [9.17, 15) is 4.79 Å². The van der Waals surface area contributed by atoms with Crippen LogP contribution in [0.15, 0.2) is 28.8 Å². The number of benzene rings is 1. The molecule has 1 N–H and O–H groups in total. The van der Waals surface area contributed by atoms with E-state index in [0.717, 1.165) is 42.8 Å². The van der Waals surface area contributed by atoms with E-state index in [4.69, 9.17) is 4.74 Å². The molecule has 2 aliphatic rings. The maximum Gasteiger partial charge on any atom is 0.247 e. The average molecular weight is 340 g/mol. The van der Waals surface area contributed by atoms with Crippen molar-refractivity contribution in [1.82, 2.24) is 5.32 Å². The van der Waals surface area contributed by atoms with E-state index in [1.807, 2.05) is 13.0 Å². The van der Waals surface area contributed by atoms with Crippen molar-refractivity contribution in [3.05, 3.63) is 34.9 Å². The van der Waals surface area contributed by atoms with Crippen LogP contribution in [-0.4, -0.2) is 31.3 Å². The number of aliphatic imine (C=N–C) groups is 1. The van der Waals surface area contributed by atoms with Crippen LogP contribution in [0.5, 0.6) is 5.75 Å². The molecule has 0 bridgehead atoms. The van der Waals surface area contributed by atoms with Gasteiger partial charge >= 0.3 is 0 Å². The zero-order chi connectivity index (χ0) is 18.0. The highest BCUT2D eigenvalue weighted by molar-refractivity contribution is 6.07. The number of hydrogen-bond donors (Lipinski definition) is 1. The van der Waals surface area contributed by atoms with E-state index in [2.05, 4.69) is 36.3 Å². The lowest BCUT2D eigenvalue weighted by Crippen LogP contribution is -2.25. The molecule has 0 radical (unpaired) electrons. The molecule has 4 heteroatoms. The van der Waals surface area contributed by atoms with Gasteiger partial charge in [-0.3, -0.25) is 9.79 Å². The van der Waals surface area contributed by atoms with Crippen molar-refractivity contribution in [2.45, 2.75) is 52.5 Å². The number of fused-ring (bicyclic) bond motifs is 3. The predicted molar refractivity (Wildman–Crippen MR) is 102 cm³/mol. The van der Waals surface area contributed by atoms with Crippen molar-refractivity contribution in [2.75, 3.05) is 13.7 Å². The average Bonchev–Trinajstić information content (AvgIpc) is 2.73. The Labute approximate surface area is 150 Å². The molecule has 3 rings (SSSR count). The highest BCUT2D eigenvalue weighted by Gasteiger charge is 2.31. The standard InChI is InChI=1S/C21H28N2O2/c1-13(2)23-14(3)11-19-20-15(9-10-22-21(19)24)5-6-16-12-17(25-4)7-8-18(16)20/h7-8,12-13,15H,5-6,9-11H2,1-4H3,(H,22,24)/b23-14+. The number of methoxy groups -OCH3 is 1. The molecule has 1 heterocycles. The van der Waals surface area contributed by atoms with Crippen molar-refractivity contribution in [3.63, 3.8) is 0 Å². The normalized spacial score (nSPS) is 20.8. The van der Waals surface area contributed by atoms with Crippen molar-refractivity contribution in [1.29, 1.82) is 0 Å². The van der Waals surface area contributed by atoms with Gasteiger partial charge in [0.25, 0.3) is 0 Å². The van der Waals surface area contributed by atoms with Gasteiger partial charge in [0.05, 0.1) is 7.11 Å². The first kappa shape index (κ1) is 17.7. The van der Waals surface area contributed by atoms with Crippen LogP contribution in [0.4, 0.5) is 0 Å². The van der Waals surface area contributed by atoms with Crippen LogP contribution in [0.3, 0.4) is 0 Å². The van der Waals surface area contributed by atoms with Gasteiger partial charge in [0, 0.05) is 30.3 Å². The summed E-state index contributed by atoms with van der Waals surface area (Å²) in [5, 5.41) is 3.09. The van der Waals surface area contributed by atoms with Crippen molar-refractivity contribution in [2.24, 2.45) is 10.9 Å². The number of carbonyl (C=O) groups is 1. The SMILES string of the molecule is COc1ccc2c(c1)CCC1CCNC(=O)C(C/C(C)=N/C(C)C)=C21. The van der Waals surface area contributed by atoms with Gasteiger partial charge in [0.2, 0.25) is 5.91 Å². The third kappa shape index (κ3) is 3.78. The van der Waals surface area contributed by atoms with Crippen LogP contribution in [0.1, 0.15) is 51.2 Å². The van der Waals surface area contributed by atoms with Gasteiger partial charge in [-0.25, -0.2) is 0 Å². The summed E-state index contributed by atoms with van der Waals surface area (Å²) in [6, 6.07) is 6.50. The minimum Gasteiger partial charge on any atom is -0.497 e. The van der Waals surface area contributed by atoms with Crippen LogP contribution >= 0.6 is 0 Å². The van der Waals surface area contributed by atoms with Gasteiger partial charge in [-0.2, -0.15) is 0 Å². The summed E-state index contributed by atoms with van der Waals surface area (Å²) in [4.78, 5) is 17.4. The Balaban J connectivity index is 2.10. The first-order valence-corrected chi connectivity index (χ1v) is 9.21. The highest BCUT2D eigenvalue weighted by Crippen LogP contribution is 2.42. The molecule has 1 aliphatic carbocycles. The Morgan fingerprint density at radius 2 is 2.16 bits per heavy atom. The van der Waals surface area contributed by atoms with E-state index < -0.39 is 0 Å². The molecule has 1 aromatic carbocycles. The molecule has 0 aromatic heterocycles. The number of hydrogen-bond acceptors (Lipinski definition) is 3. The molecule has 1 atom stereocenters.